The molecule has 0 fully saturated rings. The second-order valence-corrected chi connectivity index (χ2v) is 4.06. The van der Waals surface area contributed by atoms with Gasteiger partial charge in [-0.3, -0.25) is 4.79 Å². The third-order valence-corrected chi connectivity index (χ3v) is 2.56. The van der Waals surface area contributed by atoms with Crippen LogP contribution in [0.3, 0.4) is 0 Å². The Morgan fingerprint density at radius 1 is 1.17 bits per heavy atom. The third-order valence-electron chi connectivity index (χ3n) is 2.31. The van der Waals surface area contributed by atoms with E-state index in [1.807, 2.05) is 0 Å². The summed E-state index contributed by atoms with van der Waals surface area (Å²) in [6, 6.07) is 9.72. The quantitative estimate of drug-likeness (QED) is 0.874. The third kappa shape index (κ3) is 2.78. The van der Waals surface area contributed by atoms with Gasteiger partial charge in [-0.25, -0.2) is 4.39 Å². The summed E-state index contributed by atoms with van der Waals surface area (Å²) in [6.45, 7) is 0. The molecule has 2 aromatic rings. The zero-order valence-corrected chi connectivity index (χ0v) is 9.91. The number of carbonyl (C=O) groups excluding carboxylic acids is 1. The number of phenols is 1. The van der Waals surface area contributed by atoms with Gasteiger partial charge in [0.2, 0.25) is 0 Å². The maximum Gasteiger partial charge on any atom is 0.259 e. The summed E-state index contributed by atoms with van der Waals surface area (Å²) in [6.07, 6.45) is 0. The minimum atomic E-state index is -0.601. The molecule has 0 aliphatic rings. The van der Waals surface area contributed by atoms with Crippen molar-refractivity contribution < 1.29 is 14.3 Å². The molecule has 2 N–H and O–H groups in total. The number of hydrogen-bond acceptors (Lipinski definition) is 2. The lowest BCUT2D eigenvalue weighted by Gasteiger charge is -2.06. The highest BCUT2D eigenvalue weighted by molar-refractivity contribution is 6.30. The Kier molecular flexibility index (Phi) is 3.48. The van der Waals surface area contributed by atoms with Crippen molar-refractivity contribution in [2.45, 2.75) is 0 Å². The fourth-order valence-corrected chi connectivity index (χ4v) is 1.55. The van der Waals surface area contributed by atoms with Crippen molar-refractivity contribution in [3.63, 3.8) is 0 Å². The van der Waals surface area contributed by atoms with Gasteiger partial charge in [0.25, 0.3) is 5.91 Å². The molecule has 0 aliphatic carbocycles. The maximum atomic E-state index is 12.8. The van der Waals surface area contributed by atoms with Gasteiger partial charge in [-0.1, -0.05) is 11.6 Å². The van der Waals surface area contributed by atoms with Crippen LogP contribution in [0, 0.1) is 5.82 Å². The summed E-state index contributed by atoms with van der Waals surface area (Å²) in [4.78, 5) is 11.8. The van der Waals surface area contributed by atoms with Gasteiger partial charge >= 0.3 is 0 Å². The van der Waals surface area contributed by atoms with Crippen LogP contribution < -0.4 is 5.32 Å². The number of nitrogens with one attached hydrogen (secondary N) is 1. The fraction of sp³-hybridized carbons (Fsp3) is 0. The summed E-state index contributed by atoms with van der Waals surface area (Å²) in [5.41, 5.74) is 0.541. The number of amides is 1. The zero-order valence-electron chi connectivity index (χ0n) is 9.15. The van der Waals surface area contributed by atoms with E-state index in [2.05, 4.69) is 5.32 Å². The summed E-state index contributed by atoms with van der Waals surface area (Å²) >= 11 is 5.71. The van der Waals surface area contributed by atoms with Crippen LogP contribution in [0.2, 0.25) is 5.02 Å². The molecule has 0 unspecified atom stereocenters. The predicted octanol–water partition coefficient (Wildman–Crippen LogP) is 3.44. The fourth-order valence-electron chi connectivity index (χ4n) is 1.43. The van der Waals surface area contributed by atoms with Gasteiger partial charge in [0, 0.05) is 16.8 Å². The van der Waals surface area contributed by atoms with E-state index in [1.54, 1.807) is 24.3 Å². The van der Waals surface area contributed by atoms with Gasteiger partial charge in [-0.15, -0.1) is 0 Å². The second-order valence-electron chi connectivity index (χ2n) is 3.62. The van der Waals surface area contributed by atoms with Crippen molar-refractivity contribution in [1.82, 2.24) is 0 Å². The predicted molar refractivity (Wildman–Crippen MR) is 67.5 cm³/mol. The molecule has 0 saturated heterocycles. The van der Waals surface area contributed by atoms with Crippen LogP contribution in [0.1, 0.15) is 10.4 Å². The van der Waals surface area contributed by atoms with Crippen molar-refractivity contribution in [3.05, 3.63) is 58.9 Å². The number of benzene rings is 2. The molecule has 2 rings (SSSR count). The number of hydrogen-bond donors (Lipinski definition) is 2. The molecule has 0 heterocycles. The number of phenolic OH excluding ortho intramolecular Hbond substituents is 1. The van der Waals surface area contributed by atoms with E-state index in [0.29, 0.717) is 10.7 Å². The van der Waals surface area contributed by atoms with E-state index in [9.17, 15) is 14.3 Å². The van der Waals surface area contributed by atoms with Crippen LogP contribution in [-0.2, 0) is 0 Å². The Morgan fingerprint density at radius 2 is 1.83 bits per heavy atom. The molecular formula is C13H9ClFNO2. The van der Waals surface area contributed by atoms with Gasteiger partial charge in [-0.2, -0.15) is 0 Å². The number of rotatable bonds is 2. The average Bonchev–Trinajstić information content (AvgIpc) is 2.32. The molecule has 92 valence electrons. The first-order valence-electron chi connectivity index (χ1n) is 5.12. The summed E-state index contributed by atoms with van der Waals surface area (Å²) in [5, 5.41) is 12.6. The van der Waals surface area contributed by atoms with Gasteiger partial charge in [-0.05, 0) is 36.4 Å². The smallest absolute Gasteiger partial charge is 0.259 e. The number of aromatic hydroxyl groups is 1. The number of carbonyl (C=O) groups is 1. The minimum absolute atomic E-state index is 0.00588. The Labute approximate surface area is 108 Å². The first-order valence-corrected chi connectivity index (χ1v) is 5.49. The van der Waals surface area contributed by atoms with E-state index in [1.165, 1.54) is 6.07 Å². The molecule has 18 heavy (non-hydrogen) atoms. The molecule has 2 aromatic carbocycles. The standard InChI is InChI=1S/C13H9ClFNO2/c14-8-1-4-10(5-2-8)16-13(18)11-6-3-9(15)7-12(11)17/h1-7,17H,(H,16,18). The molecule has 0 spiro atoms. The van der Waals surface area contributed by atoms with Crippen molar-refractivity contribution in [2.24, 2.45) is 0 Å². The summed E-state index contributed by atoms with van der Waals surface area (Å²) in [5.74, 6) is -1.52. The van der Waals surface area contributed by atoms with E-state index in [0.717, 1.165) is 12.1 Å². The van der Waals surface area contributed by atoms with Crippen molar-refractivity contribution in [2.75, 3.05) is 5.32 Å². The van der Waals surface area contributed by atoms with Gasteiger partial charge in [0.05, 0.1) is 5.56 Å². The lowest BCUT2D eigenvalue weighted by atomic mass is 10.2. The number of halogens is 2. The van der Waals surface area contributed by atoms with E-state index < -0.39 is 17.5 Å². The second kappa shape index (κ2) is 5.06. The monoisotopic (exact) mass is 265 g/mol. The minimum Gasteiger partial charge on any atom is -0.507 e. The van der Waals surface area contributed by atoms with Crippen LogP contribution in [-0.4, -0.2) is 11.0 Å². The molecule has 0 radical (unpaired) electrons. The molecular weight excluding hydrogens is 257 g/mol. The first-order chi connectivity index (χ1) is 8.56. The Morgan fingerprint density at radius 3 is 2.44 bits per heavy atom. The van der Waals surface area contributed by atoms with Gasteiger partial charge in [0.1, 0.15) is 11.6 Å². The van der Waals surface area contributed by atoms with Crippen molar-refractivity contribution in [3.8, 4) is 5.75 Å². The molecule has 0 bridgehead atoms. The summed E-state index contributed by atoms with van der Waals surface area (Å²) in [7, 11) is 0. The van der Waals surface area contributed by atoms with E-state index in [-0.39, 0.29) is 5.56 Å². The van der Waals surface area contributed by atoms with Crippen LogP contribution in [0.15, 0.2) is 42.5 Å². The van der Waals surface area contributed by atoms with Crippen molar-refractivity contribution >= 4 is 23.2 Å². The number of anilines is 1. The van der Waals surface area contributed by atoms with Gasteiger partial charge in [0.15, 0.2) is 0 Å². The molecule has 3 nitrogen and oxygen atoms in total. The van der Waals surface area contributed by atoms with Crippen LogP contribution in [0.4, 0.5) is 10.1 Å². The molecule has 0 aliphatic heterocycles. The van der Waals surface area contributed by atoms with Crippen LogP contribution in [0.5, 0.6) is 5.75 Å². The van der Waals surface area contributed by atoms with Gasteiger partial charge < -0.3 is 10.4 Å². The van der Waals surface area contributed by atoms with E-state index in [4.69, 9.17) is 11.6 Å². The molecule has 0 saturated carbocycles. The van der Waals surface area contributed by atoms with Crippen molar-refractivity contribution in [1.29, 1.82) is 0 Å². The largest absolute Gasteiger partial charge is 0.507 e. The normalized spacial score (nSPS) is 10.1. The lowest BCUT2D eigenvalue weighted by Crippen LogP contribution is -2.12. The zero-order chi connectivity index (χ0) is 13.1. The Hall–Kier alpha value is -2.07. The van der Waals surface area contributed by atoms with Crippen LogP contribution in [0.25, 0.3) is 0 Å². The summed E-state index contributed by atoms with van der Waals surface area (Å²) < 4.78 is 12.8. The Balaban J connectivity index is 2.19. The lowest BCUT2D eigenvalue weighted by molar-refractivity contribution is 0.102. The highest BCUT2D eigenvalue weighted by Crippen LogP contribution is 2.20. The molecule has 0 atom stereocenters. The first kappa shape index (κ1) is 12.4. The highest BCUT2D eigenvalue weighted by Gasteiger charge is 2.11. The maximum absolute atomic E-state index is 12.8. The average molecular weight is 266 g/mol. The molecule has 1 amide bonds. The highest BCUT2D eigenvalue weighted by atomic mass is 35.5. The molecule has 0 aromatic heterocycles. The van der Waals surface area contributed by atoms with Crippen LogP contribution >= 0.6 is 11.6 Å². The SMILES string of the molecule is O=C(Nc1ccc(Cl)cc1)c1ccc(F)cc1O. The molecule has 5 heteroatoms. The Bertz CT molecular complexity index is 584. The topological polar surface area (TPSA) is 49.3 Å². The van der Waals surface area contributed by atoms with E-state index >= 15 is 0 Å².